The Bertz CT molecular complexity index is 334. The Balaban J connectivity index is 2.01. The number of imidazole rings is 1. The molecule has 2 N–H and O–H groups in total. The van der Waals surface area contributed by atoms with Gasteiger partial charge in [-0.15, -0.1) is 0 Å². The van der Waals surface area contributed by atoms with E-state index in [0.29, 0.717) is 6.04 Å². The first-order valence-corrected chi connectivity index (χ1v) is 6.10. The van der Waals surface area contributed by atoms with Crippen molar-refractivity contribution in [2.45, 2.75) is 32.4 Å². The van der Waals surface area contributed by atoms with Crippen LogP contribution in [0.5, 0.6) is 0 Å². The van der Waals surface area contributed by atoms with Crippen molar-refractivity contribution in [3.63, 3.8) is 0 Å². The number of nitrogens with zero attached hydrogens (tertiary/aromatic N) is 3. The molecule has 4 heteroatoms. The van der Waals surface area contributed by atoms with Gasteiger partial charge < -0.3 is 10.3 Å². The second-order valence-electron chi connectivity index (χ2n) is 4.99. The second-order valence-corrected chi connectivity index (χ2v) is 4.99. The highest BCUT2D eigenvalue weighted by atomic mass is 15.2. The van der Waals surface area contributed by atoms with Crippen molar-refractivity contribution in [1.29, 1.82) is 0 Å². The molecule has 16 heavy (non-hydrogen) atoms. The summed E-state index contributed by atoms with van der Waals surface area (Å²) in [4.78, 5) is 6.66. The minimum Gasteiger partial charge on any atom is -0.337 e. The van der Waals surface area contributed by atoms with Crippen molar-refractivity contribution >= 4 is 0 Å². The molecule has 0 aliphatic carbocycles. The van der Waals surface area contributed by atoms with Crippen LogP contribution in [0.2, 0.25) is 0 Å². The molecule has 2 unspecified atom stereocenters. The summed E-state index contributed by atoms with van der Waals surface area (Å²) in [7, 11) is 2.05. The zero-order chi connectivity index (χ0) is 11.5. The lowest BCUT2D eigenvalue weighted by molar-refractivity contribution is 0.113. The molecule has 1 aliphatic heterocycles. The molecule has 0 radical (unpaired) electrons. The molecule has 0 saturated carbocycles. The Labute approximate surface area is 97.4 Å². The minimum atomic E-state index is 0.540. The summed E-state index contributed by atoms with van der Waals surface area (Å²) in [6.45, 7) is 5.23. The molecule has 0 amide bonds. The maximum absolute atomic E-state index is 5.86. The van der Waals surface area contributed by atoms with Crippen molar-refractivity contribution in [3.05, 3.63) is 18.2 Å². The number of rotatable bonds is 3. The van der Waals surface area contributed by atoms with Gasteiger partial charge in [-0.2, -0.15) is 0 Å². The fourth-order valence-electron chi connectivity index (χ4n) is 2.50. The number of hydrogen-bond donors (Lipinski definition) is 1. The molecule has 0 aromatic carbocycles. The van der Waals surface area contributed by atoms with Crippen LogP contribution in [0.3, 0.4) is 0 Å². The van der Waals surface area contributed by atoms with Gasteiger partial charge in [0.15, 0.2) is 0 Å². The number of likely N-dealkylation sites (tertiary alicyclic amines) is 1. The van der Waals surface area contributed by atoms with Crippen molar-refractivity contribution in [1.82, 2.24) is 14.5 Å². The predicted octanol–water partition coefficient (Wildman–Crippen LogP) is 0.979. The molecule has 1 aliphatic rings. The van der Waals surface area contributed by atoms with Gasteiger partial charge in [-0.25, -0.2) is 4.98 Å². The summed E-state index contributed by atoms with van der Waals surface area (Å²) in [5.74, 6) is 0.816. The number of aromatic nitrogens is 2. The smallest absolute Gasteiger partial charge is 0.0945 e. The third-order valence-electron chi connectivity index (χ3n) is 3.65. The average molecular weight is 222 g/mol. The van der Waals surface area contributed by atoms with Crippen LogP contribution < -0.4 is 5.73 Å². The Kier molecular flexibility index (Phi) is 3.61. The van der Waals surface area contributed by atoms with Gasteiger partial charge in [-0.05, 0) is 25.3 Å². The highest BCUT2D eigenvalue weighted by Gasteiger charge is 2.25. The van der Waals surface area contributed by atoms with E-state index >= 15 is 0 Å². The maximum atomic E-state index is 5.86. The van der Waals surface area contributed by atoms with Gasteiger partial charge in [0.25, 0.3) is 0 Å². The fourth-order valence-corrected chi connectivity index (χ4v) is 2.50. The lowest BCUT2D eigenvalue weighted by atomic mass is 9.92. The third-order valence-corrected chi connectivity index (χ3v) is 3.65. The summed E-state index contributed by atoms with van der Waals surface area (Å²) in [5.41, 5.74) is 7.13. The van der Waals surface area contributed by atoms with E-state index in [1.165, 1.54) is 18.5 Å². The SMILES string of the molecule is CC1CCN(Cc2cncn2C)C(CN)C1. The predicted molar refractivity (Wildman–Crippen MR) is 64.9 cm³/mol. The van der Waals surface area contributed by atoms with Crippen molar-refractivity contribution in [3.8, 4) is 0 Å². The molecule has 1 aromatic heterocycles. The van der Waals surface area contributed by atoms with Crippen molar-refractivity contribution < 1.29 is 0 Å². The fraction of sp³-hybridized carbons (Fsp3) is 0.750. The number of piperidine rings is 1. The summed E-state index contributed by atoms with van der Waals surface area (Å²) < 4.78 is 2.09. The van der Waals surface area contributed by atoms with E-state index in [0.717, 1.165) is 25.6 Å². The molecule has 2 atom stereocenters. The van der Waals surface area contributed by atoms with Gasteiger partial charge >= 0.3 is 0 Å². The zero-order valence-electron chi connectivity index (χ0n) is 10.3. The van der Waals surface area contributed by atoms with Gasteiger partial charge in [-0.1, -0.05) is 6.92 Å². The van der Waals surface area contributed by atoms with E-state index in [4.69, 9.17) is 5.73 Å². The molecular weight excluding hydrogens is 200 g/mol. The minimum absolute atomic E-state index is 0.540. The molecule has 1 aromatic rings. The molecule has 90 valence electrons. The van der Waals surface area contributed by atoms with E-state index in [1.54, 1.807) is 0 Å². The van der Waals surface area contributed by atoms with Crippen molar-refractivity contribution in [2.24, 2.45) is 18.7 Å². The number of hydrogen-bond acceptors (Lipinski definition) is 3. The molecular formula is C12H22N4. The van der Waals surface area contributed by atoms with Crippen LogP contribution in [0.15, 0.2) is 12.5 Å². The first-order valence-electron chi connectivity index (χ1n) is 6.10. The topological polar surface area (TPSA) is 47.1 Å². The average Bonchev–Trinajstić information content (AvgIpc) is 2.67. The van der Waals surface area contributed by atoms with E-state index in [-0.39, 0.29) is 0 Å². The number of aryl methyl sites for hydroxylation is 1. The molecule has 2 heterocycles. The Morgan fingerprint density at radius 3 is 3.00 bits per heavy atom. The lowest BCUT2D eigenvalue weighted by Crippen LogP contribution is -2.45. The van der Waals surface area contributed by atoms with Crippen LogP contribution in [0.25, 0.3) is 0 Å². The van der Waals surface area contributed by atoms with E-state index < -0.39 is 0 Å². The van der Waals surface area contributed by atoms with Gasteiger partial charge in [0.1, 0.15) is 0 Å². The quantitative estimate of drug-likeness (QED) is 0.829. The summed E-state index contributed by atoms with van der Waals surface area (Å²) in [6.07, 6.45) is 6.33. The zero-order valence-corrected chi connectivity index (χ0v) is 10.3. The monoisotopic (exact) mass is 222 g/mol. The lowest BCUT2D eigenvalue weighted by Gasteiger charge is -2.37. The highest BCUT2D eigenvalue weighted by Crippen LogP contribution is 2.23. The van der Waals surface area contributed by atoms with E-state index in [9.17, 15) is 0 Å². The summed E-state index contributed by atoms with van der Waals surface area (Å²) in [5, 5.41) is 0. The first kappa shape index (κ1) is 11.6. The van der Waals surface area contributed by atoms with Gasteiger partial charge in [0.05, 0.1) is 12.0 Å². The van der Waals surface area contributed by atoms with Crippen LogP contribution in [0.1, 0.15) is 25.5 Å². The molecule has 4 nitrogen and oxygen atoms in total. The third kappa shape index (κ3) is 2.44. The van der Waals surface area contributed by atoms with E-state index in [1.807, 2.05) is 19.6 Å². The molecule has 0 bridgehead atoms. The van der Waals surface area contributed by atoms with Crippen LogP contribution in [-0.4, -0.2) is 33.6 Å². The standard InChI is InChI=1S/C12H22N4/c1-10-3-4-16(11(5-10)6-13)8-12-7-14-9-15(12)2/h7,9-11H,3-6,8,13H2,1-2H3. The van der Waals surface area contributed by atoms with Crippen molar-refractivity contribution in [2.75, 3.05) is 13.1 Å². The van der Waals surface area contributed by atoms with Gasteiger partial charge in [0.2, 0.25) is 0 Å². The number of nitrogens with two attached hydrogens (primary N) is 1. The Morgan fingerprint density at radius 2 is 2.38 bits per heavy atom. The largest absolute Gasteiger partial charge is 0.337 e. The van der Waals surface area contributed by atoms with Crippen LogP contribution in [-0.2, 0) is 13.6 Å². The normalized spacial score (nSPS) is 27.2. The van der Waals surface area contributed by atoms with Gasteiger partial charge in [-0.3, -0.25) is 4.90 Å². The van der Waals surface area contributed by atoms with E-state index in [2.05, 4.69) is 21.4 Å². The summed E-state index contributed by atoms with van der Waals surface area (Å²) >= 11 is 0. The van der Waals surface area contributed by atoms with Gasteiger partial charge in [0, 0.05) is 32.4 Å². The molecule has 2 rings (SSSR count). The van der Waals surface area contributed by atoms with Crippen LogP contribution in [0, 0.1) is 5.92 Å². The maximum Gasteiger partial charge on any atom is 0.0945 e. The highest BCUT2D eigenvalue weighted by molar-refractivity contribution is 4.98. The molecule has 1 saturated heterocycles. The Hall–Kier alpha value is -0.870. The summed E-state index contributed by atoms with van der Waals surface area (Å²) in [6, 6.07) is 0.540. The van der Waals surface area contributed by atoms with Crippen LogP contribution in [0.4, 0.5) is 0 Å². The molecule has 0 spiro atoms. The second kappa shape index (κ2) is 4.97. The first-order chi connectivity index (χ1) is 7.70. The van der Waals surface area contributed by atoms with Crippen LogP contribution >= 0.6 is 0 Å². The Morgan fingerprint density at radius 1 is 1.56 bits per heavy atom. The molecule has 1 fully saturated rings.